The molecule has 1 heterocycles. The maximum Gasteiger partial charge on any atom is 0.305 e. The number of hydrogen-bond donors (Lipinski definition) is 2. The number of aliphatic carboxylic acids is 1. The summed E-state index contributed by atoms with van der Waals surface area (Å²) >= 11 is 0. The van der Waals surface area contributed by atoms with E-state index < -0.39 is 5.97 Å². The summed E-state index contributed by atoms with van der Waals surface area (Å²) < 4.78 is 0. The minimum absolute atomic E-state index is 0.00498. The van der Waals surface area contributed by atoms with Crippen molar-refractivity contribution in [1.29, 1.82) is 0 Å². The number of hydrogen-bond acceptors (Lipinski definition) is 3. The number of carbonyl (C=O) groups is 2. The molecule has 98 valence electrons. The van der Waals surface area contributed by atoms with Gasteiger partial charge in [-0.1, -0.05) is 6.92 Å². The van der Waals surface area contributed by atoms with E-state index in [4.69, 9.17) is 5.11 Å². The summed E-state index contributed by atoms with van der Waals surface area (Å²) in [5, 5.41) is 11.9. The molecule has 0 spiro atoms. The van der Waals surface area contributed by atoms with Crippen molar-refractivity contribution in [1.82, 2.24) is 10.2 Å². The normalized spacial score (nSPS) is 24.0. The number of carboxylic acids is 1. The zero-order chi connectivity index (χ0) is 13.0. The van der Waals surface area contributed by atoms with Gasteiger partial charge in [-0.15, -0.1) is 0 Å². The van der Waals surface area contributed by atoms with Gasteiger partial charge in [0, 0.05) is 12.6 Å². The molecule has 1 fully saturated rings. The van der Waals surface area contributed by atoms with Gasteiger partial charge in [0.25, 0.3) is 0 Å². The Bertz CT molecular complexity index is 291. The second kappa shape index (κ2) is 6.00. The number of amides is 1. The van der Waals surface area contributed by atoms with Crippen LogP contribution >= 0.6 is 0 Å². The molecule has 5 heteroatoms. The van der Waals surface area contributed by atoms with Gasteiger partial charge < -0.3 is 15.3 Å². The Morgan fingerprint density at radius 3 is 2.53 bits per heavy atom. The molecular formula is C12H22N2O3. The Morgan fingerprint density at radius 1 is 1.47 bits per heavy atom. The van der Waals surface area contributed by atoms with E-state index in [-0.39, 0.29) is 31.0 Å². The van der Waals surface area contributed by atoms with E-state index in [1.54, 1.807) is 4.90 Å². The molecule has 0 aromatic carbocycles. The van der Waals surface area contributed by atoms with Gasteiger partial charge in [0.05, 0.1) is 12.5 Å². The number of carboxylic acid groups (broad SMARTS) is 1. The van der Waals surface area contributed by atoms with E-state index in [2.05, 4.69) is 12.2 Å². The molecule has 17 heavy (non-hydrogen) atoms. The number of rotatable bonds is 5. The molecule has 0 aliphatic carbocycles. The third kappa shape index (κ3) is 3.70. The molecule has 1 rings (SSSR count). The maximum absolute atomic E-state index is 12.3. The molecule has 0 radical (unpaired) electrons. The van der Waals surface area contributed by atoms with Crippen LogP contribution in [0.1, 0.15) is 33.6 Å². The highest BCUT2D eigenvalue weighted by molar-refractivity contribution is 5.83. The van der Waals surface area contributed by atoms with E-state index in [1.165, 1.54) is 0 Å². The Balaban J connectivity index is 2.63. The summed E-state index contributed by atoms with van der Waals surface area (Å²) in [6.45, 7) is 7.04. The van der Waals surface area contributed by atoms with Crippen LogP contribution in [0.15, 0.2) is 0 Å². The minimum Gasteiger partial charge on any atom is -0.481 e. The summed E-state index contributed by atoms with van der Waals surface area (Å²) in [5.41, 5.74) is 0. The Kier molecular flexibility index (Phi) is 4.93. The van der Waals surface area contributed by atoms with Crippen molar-refractivity contribution in [3.8, 4) is 0 Å². The average Bonchev–Trinajstić information content (AvgIpc) is 2.63. The van der Waals surface area contributed by atoms with Crippen LogP contribution < -0.4 is 5.32 Å². The first kappa shape index (κ1) is 14.0. The molecule has 2 atom stereocenters. The van der Waals surface area contributed by atoms with Gasteiger partial charge in [-0.2, -0.15) is 0 Å². The van der Waals surface area contributed by atoms with Crippen molar-refractivity contribution < 1.29 is 14.7 Å². The molecule has 0 bridgehead atoms. The van der Waals surface area contributed by atoms with Gasteiger partial charge in [0.2, 0.25) is 5.91 Å². The van der Waals surface area contributed by atoms with Crippen LogP contribution in [0.25, 0.3) is 0 Å². The largest absolute Gasteiger partial charge is 0.481 e. The summed E-state index contributed by atoms with van der Waals surface area (Å²) in [5.74, 6) is -0.504. The topological polar surface area (TPSA) is 69.6 Å². The van der Waals surface area contributed by atoms with Crippen LogP contribution in [0.2, 0.25) is 0 Å². The fraction of sp³-hybridized carbons (Fsp3) is 0.833. The standard InChI is InChI=1S/C12H22N2O3/c1-8(2)14(7-5-10(15)16)12(17)11-9(3)4-6-13-11/h8-9,11,13H,4-7H2,1-3H3,(H,15,16). The van der Waals surface area contributed by atoms with Gasteiger partial charge in [-0.25, -0.2) is 0 Å². The van der Waals surface area contributed by atoms with Crippen LogP contribution in [0, 0.1) is 5.92 Å². The van der Waals surface area contributed by atoms with Crippen LogP contribution in [-0.2, 0) is 9.59 Å². The van der Waals surface area contributed by atoms with Gasteiger partial charge in [-0.3, -0.25) is 9.59 Å². The summed E-state index contributed by atoms with van der Waals surface area (Å²) in [6, 6.07) is -0.109. The molecular weight excluding hydrogens is 220 g/mol. The van der Waals surface area contributed by atoms with Crippen molar-refractivity contribution in [2.75, 3.05) is 13.1 Å². The Labute approximate surface area is 102 Å². The lowest BCUT2D eigenvalue weighted by Crippen LogP contribution is -2.49. The molecule has 0 saturated carbocycles. The van der Waals surface area contributed by atoms with E-state index >= 15 is 0 Å². The maximum atomic E-state index is 12.3. The van der Waals surface area contributed by atoms with E-state index in [1.807, 2.05) is 13.8 Å². The molecule has 2 unspecified atom stereocenters. The summed E-state index contributed by atoms with van der Waals surface area (Å²) in [7, 11) is 0. The highest BCUT2D eigenvalue weighted by Gasteiger charge is 2.33. The third-order valence-corrected chi connectivity index (χ3v) is 3.27. The van der Waals surface area contributed by atoms with E-state index in [0.29, 0.717) is 5.92 Å². The second-order valence-electron chi connectivity index (χ2n) is 4.97. The van der Waals surface area contributed by atoms with Gasteiger partial charge >= 0.3 is 5.97 Å². The zero-order valence-electron chi connectivity index (χ0n) is 10.8. The average molecular weight is 242 g/mol. The summed E-state index contributed by atoms with van der Waals surface area (Å²) in [6.07, 6.45) is 1.01. The molecule has 1 amide bonds. The molecule has 0 aromatic rings. The SMILES string of the molecule is CC1CCNC1C(=O)N(CCC(=O)O)C(C)C. The molecule has 1 aliphatic heterocycles. The zero-order valence-corrected chi connectivity index (χ0v) is 10.8. The smallest absolute Gasteiger partial charge is 0.305 e. The van der Waals surface area contributed by atoms with Crippen molar-refractivity contribution in [3.05, 3.63) is 0 Å². The van der Waals surface area contributed by atoms with Gasteiger partial charge in [0.15, 0.2) is 0 Å². The van der Waals surface area contributed by atoms with Crippen molar-refractivity contribution in [2.24, 2.45) is 5.92 Å². The Morgan fingerprint density at radius 2 is 2.12 bits per heavy atom. The highest BCUT2D eigenvalue weighted by atomic mass is 16.4. The van der Waals surface area contributed by atoms with Crippen LogP contribution in [0.5, 0.6) is 0 Å². The fourth-order valence-corrected chi connectivity index (χ4v) is 2.18. The van der Waals surface area contributed by atoms with Gasteiger partial charge in [0.1, 0.15) is 0 Å². The lowest BCUT2D eigenvalue weighted by atomic mass is 10.0. The van der Waals surface area contributed by atoms with Crippen molar-refractivity contribution in [3.63, 3.8) is 0 Å². The predicted octanol–water partition coefficient (Wildman–Crippen LogP) is 0.696. The van der Waals surface area contributed by atoms with Crippen molar-refractivity contribution >= 4 is 11.9 Å². The summed E-state index contributed by atoms with van der Waals surface area (Å²) in [4.78, 5) is 24.5. The van der Waals surface area contributed by atoms with Crippen LogP contribution in [-0.4, -0.2) is 47.1 Å². The number of nitrogens with zero attached hydrogens (tertiary/aromatic N) is 1. The highest BCUT2D eigenvalue weighted by Crippen LogP contribution is 2.17. The van der Waals surface area contributed by atoms with Crippen LogP contribution in [0.4, 0.5) is 0 Å². The lowest BCUT2D eigenvalue weighted by molar-refractivity contribution is -0.140. The molecule has 2 N–H and O–H groups in total. The van der Waals surface area contributed by atoms with Crippen molar-refractivity contribution in [2.45, 2.75) is 45.7 Å². The van der Waals surface area contributed by atoms with Crippen LogP contribution in [0.3, 0.4) is 0 Å². The first-order valence-electron chi connectivity index (χ1n) is 6.19. The van der Waals surface area contributed by atoms with Gasteiger partial charge in [-0.05, 0) is 32.7 Å². The number of nitrogens with one attached hydrogen (secondary N) is 1. The predicted molar refractivity (Wildman–Crippen MR) is 64.7 cm³/mol. The first-order chi connectivity index (χ1) is 7.93. The number of carbonyl (C=O) groups excluding carboxylic acids is 1. The Hall–Kier alpha value is -1.10. The molecule has 1 saturated heterocycles. The molecule has 0 aromatic heterocycles. The minimum atomic E-state index is -0.865. The quantitative estimate of drug-likeness (QED) is 0.744. The molecule has 5 nitrogen and oxygen atoms in total. The van der Waals surface area contributed by atoms with E-state index in [9.17, 15) is 9.59 Å². The molecule has 1 aliphatic rings. The monoisotopic (exact) mass is 242 g/mol. The lowest BCUT2D eigenvalue weighted by Gasteiger charge is -2.30. The third-order valence-electron chi connectivity index (χ3n) is 3.27. The van der Waals surface area contributed by atoms with E-state index in [0.717, 1.165) is 13.0 Å². The second-order valence-corrected chi connectivity index (χ2v) is 4.97. The fourth-order valence-electron chi connectivity index (χ4n) is 2.18. The first-order valence-corrected chi connectivity index (χ1v) is 6.19.